The van der Waals surface area contributed by atoms with Crippen molar-refractivity contribution in [3.63, 3.8) is 0 Å². The summed E-state index contributed by atoms with van der Waals surface area (Å²) >= 11 is 0. The van der Waals surface area contributed by atoms with Crippen molar-refractivity contribution in [1.29, 1.82) is 0 Å². The Hall–Kier alpha value is -0.0800. The van der Waals surface area contributed by atoms with Crippen molar-refractivity contribution in [3.8, 4) is 0 Å². The monoisotopic (exact) mass is 157 g/mol. The molecule has 1 aliphatic carbocycles. The van der Waals surface area contributed by atoms with Crippen molar-refractivity contribution in [2.75, 3.05) is 20.2 Å². The third kappa shape index (κ3) is 2.80. The number of unbranched alkanes of at least 4 members (excludes halogenated alkanes) is 1. The van der Waals surface area contributed by atoms with E-state index in [4.69, 9.17) is 5.11 Å². The summed E-state index contributed by atoms with van der Waals surface area (Å²) in [5, 5.41) is 8.57. The number of aliphatic hydroxyl groups excluding tert-OH is 1. The SMILES string of the molecule is CC1CC1N(C)CCCCO. The Morgan fingerprint density at radius 2 is 2.09 bits per heavy atom. The van der Waals surface area contributed by atoms with E-state index >= 15 is 0 Å². The first-order chi connectivity index (χ1) is 5.25. The Balaban J connectivity index is 1.98. The molecule has 0 aromatic carbocycles. The molecule has 1 N–H and O–H groups in total. The van der Waals surface area contributed by atoms with Gasteiger partial charge in [0.2, 0.25) is 0 Å². The molecule has 0 saturated heterocycles. The Bertz CT molecular complexity index is 116. The molecular weight excluding hydrogens is 138 g/mol. The van der Waals surface area contributed by atoms with Gasteiger partial charge in [-0.25, -0.2) is 0 Å². The number of rotatable bonds is 5. The molecule has 66 valence electrons. The second-order valence-corrected chi connectivity index (χ2v) is 3.69. The smallest absolute Gasteiger partial charge is 0.0431 e. The van der Waals surface area contributed by atoms with Crippen LogP contribution in [0.1, 0.15) is 26.2 Å². The highest BCUT2D eigenvalue weighted by molar-refractivity contribution is 4.90. The standard InChI is InChI=1S/C9H19NO/c1-8-7-9(8)10(2)5-3-4-6-11/h8-9,11H,3-7H2,1-2H3. The lowest BCUT2D eigenvalue weighted by molar-refractivity contribution is 0.257. The quantitative estimate of drug-likeness (QED) is 0.604. The molecule has 11 heavy (non-hydrogen) atoms. The molecule has 0 amide bonds. The van der Waals surface area contributed by atoms with E-state index in [0.717, 1.165) is 31.3 Å². The van der Waals surface area contributed by atoms with Crippen molar-refractivity contribution in [3.05, 3.63) is 0 Å². The minimum absolute atomic E-state index is 0.341. The summed E-state index contributed by atoms with van der Waals surface area (Å²) in [4.78, 5) is 2.42. The summed E-state index contributed by atoms with van der Waals surface area (Å²) in [6, 6.07) is 0.841. The molecule has 2 heteroatoms. The summed E-state index contributed by atoms with van der Waals surface area (Å²) < 4.78 is 0. The first kappa shape index (κ1) is 9.01. The third-order valence-corrected chi connectivity index (χ3v) is 2.55. The van der Waals surface area contributed by atoms with Crippen LogP contribution in [0, 0.1) is 5.92 Å². The maximum absolute atomic E-state index is 8.57. The van der Waals surface area contributed by atoms with E-state index in [0.29, 0.717) is 6.61 Å². The molecule has 1 fully saturated rings. The second-order valence-electron chi connectivity index (χ2n) is 3.69. The molecule has 2 nitrogen and oxygen atoms in total. The fraction of sp³-hybridized carbons (Fsp3) is 1.00. The number of hydrogen-bond acceptors (Lipinski definition) is 2. The zero-order valence-electron chi connectivity index (χ0n) is 7.58. The largest absolute Gasteiger partial charge is 0.396 e. The van der Waals surface area contributed by atoms with Gasteiger partial charge in [0.1, 0.15) is 0 Å². The van der Waals surface area contributed by atoms with Crippen LogP contribution >= 0.6 is 0 Å². The summed E-state index contributed by atoms with van der Waals surface area (Å²) in [7, 11) is 2.19. The van der Waals surface area contributed by atoms with Gasteiger partial charge in [-0.2, -0.15) is 0 Å². The molecule has 0 radical (unpaired) electrons. The number of aliphatic hydroxyl groups is 1. The van der Waals surface area contributed by atoms with Crippen LogP contribution in [0.2, 0.25) is 0 Å². The van der Waals surface area contributed by atoms with Gasteiger partial charge in [0.15, 0.2) is 0 Å². The fourth-order valence-corrected chi connectivity index (χ4v) is 1.56. The molecular formula is C9H19NO. The molecule has 0 aliphatic heterocycles. The summed E-state index contributed by atoms with van der Waals surface area (Å²) in [5.74, 6) is 0.911. The highest BCUT2D eigenvalue weighted by Gasteiger charge is 2.35. The Labute approximate surface area is 69.2 Å². The van der Waals surface area contributed by atoms with Gasteiger partial charge in [0, 0.05) is 12.6 Å². The average molecular weight is 157 g/mol. The third-order valence-electron chi connectivity index (χ3n) is 2.55. The van der Waals surface area contributed by atoms with Gasteiger partial charge in [-0.15, -0.1) is 0 Å². The van der Waals surface area contributed by atoms with E-state index in [1.165, 1.54) is 6.42 Å². The molecule has 2 unspecified atom stereocenters. The molecule has 1 aliphatic rings. The highest BCUT2D eigenvalue weighted by atomic mass is 16.2. The van der Waals surface area contributed by atoms with E-state index in [-0.39, 0.29) is 0 Å². The van der Waals surface area contributed by atoms with Gasteiger partial charge >= 0.3 is 0 Å². The van der Waals surface area contributed by atoms with Crippen LogP contribution in [0.15, 0.2) is 0 Å². The lowest BCUT2D eigenvalue weighted by Crippen LogP contribution is -2.23. The van der Waals surface area contributed by atoms with Gasteiger partial charge in [-0.3, -0.25) is 0 Å². The maximum atomic E-state index is 8.57. The van der Waals surface area contributed by atoms with Gasteiger partial charge < -0.3 is 10.0 Å². The van der Waals surface area contributed by atoms with Crippen LogP contribution in [-0.4, -0.2) is 36.2 Å². The predicted octanol–water partition coefficient (Wildman–Crippen LogP) is 1.10. The van der Waals surface area contributed by atoms with Crippen molar-refractivity contribution < 1.29 is 5.11 Å². The molecule has 0 aromatic rings. The lowest BCUT2D eigenvalue weighted by atomic mass is 10.3. The van der Waals surface area contributed by atoms with Crippen molar-refractivity contribution in [2.45, 2.75) is 32.2 Å². The molecule has 0 heterocycles. The zero-order chi connectivity index (χ0) is 8.27. The molecule has 0 aromatic heterocycles. The van der Waals surface area contributed by atoms with Crippen LogP contribution in [-0.2, 0) is 0 Å². The van der Waals surface area contributed by atoms with E-state index in [1.54, 1.807) is 0 Å². The van der Waals surface area contributed by atoms with Crippen LogP contribution in [0.4, 0.5) is 0 Å². The molecule has 0 bridgehead atoms. The summed E-state index contributed by atoms with van der Waals surface area (Å²) in [6.45, 7) is 3.79. The lowest BCUT2D eigenvalue weighted by Gasteiger charge is -2.15. The number of nitrogens with zero attached hydrogens (tertiary/aromatic N) is 1. The normalized spacial score (nSPS) is 29.5. The minimum atomic E-state index is 0.341. The molecule has 2 atom stereocenters. The highest BCUT2D eigenvalue weighted by Crippen LogP contribution is 2.33. The predicted molar refractivity (Wildman–Crippen MR) is 46.5 cm³/mol. The summed E-state index contributed by atoms with van der Waals surface area (Å²) in [6.07, 6.45) is 3.46. The van der Waals surface area contributed by atoms with Crippen LogP contribution in [0.5, 0.6) is 0 Å². The van der Waals surface area contributed by atoms with E-state index in [1.807, 2.05) is 0 Å². The van der Waals surface area contributed by atoms with E-state index in [9.17, 15) is 0 Å². The van der Waals surface area contributed by atoms with Crippen LogP contribution in [0.3, 0.4) is 0 Å². The molecule has 1 rings (SSSR count). The number of hydrogen-bond donors (Lipinski definition) is 1. The second kappa shape index (κ2) is 4.07. The van der Waals surface area contributed by atoms with Crippen LogP contribution in [0.25, 0.3) is 0 Å². The van der Waals surface area contributed by atoms with Crippen molar-refractivity contribution >= 4 is 0 Å². The molecule has 0 spiro atoms. The van der Waals surface area contributed by atoms with Gasteiger partial charge in [-0.05, 0) is 38.8 Å². The van der Waals surface area contributed by atoms with E-state index < -0.39 is 0 Å². The maximum Gasteiger partial charge on any atom is 0.0431 e. The zero-order valence-corrected chi connectivity index (χ0v) is 7.58. The van der Waals surface area contributed by atoms with Crippen molar-refractivity contribution in [2.24, 2.45) is 5.92 Å². The summed E-state index contributed by atoms with van der Waals surface area (Å²) in [5.41, 5.74) is 0. The topological polar surface area (TPSA) is 23.5 Å². The first-order valence-corrected chi connectivity index (χ1v) is 4.57. The van der Waals surface area contributed by atoms with Crippen LogP contribution < -0.4 is 0 Å². The fourth-order valence-electron chi connectivity index (χ4n) is 1.56. The molecule has 1 saturated carbocycles. The Kier molecular flexibility index (Phi) is 3.34. The van der Waals surface area contributed by atoms with Gasteiger partial charge in [0.25, 0.3) is 0 Å². The first-order valence-electron chi connectivity index (χ1n) is 4.57. The average Bonchev–Trinajstić information content (AvgIpc) is 2.67. The Morgan fingerprint density at radius 3 is 2.55 bits per heavy atom. The van der Waals surface area contributed by atoms with Gasteiger partial charge in [-0.1, -0.05) is 6.92 Å². The van der Waals surface area contributed by atoms with Gasteiger partial charge in [0.05, 0.1) is 0 Å². The van der Waals surface area contributed by atoms with Crippen molar-refractivity contribution in [1.82, 2.24) is 4.90 Å². The van der Waals surface area contributed by atoms with E-state index in [2.05, 4.69) is 18.9 Å². The Morgan fingerprint density at radius 1 is 1.45 bits per heavy atom. The minimum Gasteiger partial charge on any atom is -0.396 e.